The van der Waals surface area contributed by atoms with Gasteiger partial charge in [-0.05, 0) is 23.6 Å². The van der Waals surface area contributed by atoms with E-state index in [9.17, 15) is 0 Å². The molecule has 0 saturated carbocycles. The van der Waals surface area contributed by atoms with Gasteiger partial charge in [0, 0.05) is 17.0 Å². The van der Waals surface area contributed by atoms with E-state index < -0.39 is 0 Å². The van der Waals surface area contributed by atoms with Crippen LogP contribution in [0.25, 0.3) is 10.4 Å². The molecule has 0 fully saturated rings. The molecule has 0 spiro atoms. The standard InChI is InChI=1S/C17H19N3O2/c1-21-16-10-6-5-9-15(16)13-22-17(11-12-19-20-18)14-7-3-2-4-8-14/h2-10,17H,11-13H2,1H3. The summed E-state index contributed by atoms with van der Waals surface area (Å²) in [7, 11) is 1.65. The lowest BCUT2D eigenvalue weighted by molar-refractivity contribution is 0.0345. The first kappa shape index (κ1) is 15.9. The fourth-order valence-electron chi connectivity index (χ4n) is 2.25. The van der Waals surface area contributed by atoms with Gasteiger partial charge >= 0.3 is 0 Å². The molecule has 0 radical (unpaired) electrons. The number of benzene rings is 2. The van der Waals surface area contributed by atoms with Crippen LogP contribution in [0.5, 0.6) is 5.75 Å². The van der Waals surface area contributed by atoms with Gasteiger partial charge < -0.3 is 9.47 Å². The Morgan fingerprint density at radius 2 is 1.82 bits per heavy atom. The van der Waals surface area contributed by atoms with Gasteiger partial charge in [-0.2, -0.15) is 0 Å². The van der Waals surface area contributed by atoms with Crippen LogP contribution in [0.1, 0.15) is 23.7 Å². The molecule has 1 atom stereocenters. The smallest absolute Gasteiger partial charge is 0.124 e. The van der Waals surface area contributed by atoms with Crippen molar-refractivity contribution in [2.75, 3.05) is 13.7 Å². The molecule has 0 amide bonds. The number of methoxy groups -OCH3 is 1. The average molecular weight is 297 g/mol. The number of para-hydroxylation sites is 1. The van der Waals surface area contributed by atoms with Crippen molar-refractivity contribution in [2.45, 2.75) is 19.1 Å². The number of rotatable bonds is 8. The van der Waals surface area contributed by atoms with Crippen molar-refractivity contribution in [3.05, 3.63) is 76.2 Å². The summed E-state index contributed by atoms with van der Waals surface area (Å²) in [6.07, 6.45) is 0.528. The predicted molar refractivity (Wildman–Crippen MR) is 85.6 cm³/mol. The van der Waals surface area contributed by atoms with Crippen molar-refractivity contribution in [2.24, 2.45) is 5.11 Å². The Morgan fingerprint density at radius 3 is 2.55 bits per heavy atom. The molecule has 0 N–H and O–H groups in total. The summed E-state index contributed by atoms with van der Waals surface area (Å²) >= 11 is 0. The van der Waals surface area contributed by atoms with Gasteiger partial charge in [-0.3, -0.25) is 0 Å². The van der Waals surface area contributed by atoms with Crippen LogP contribution in [0.15, 0.2) is 59.7 Å². The molecule has 0 aromatic heterocycles. The minimum absolute atomic E-state index is 0.114. The molecule has 2 rings (SSSR count). The van der Waals surface area contributed by atoms with Crippen molar-refractivity contribution in [1.29, 1.82) is 0 Å². The Labute approximate surface area is 130 Å². The third-order valence-electron chi connectivity index (χ3n) is 3.36. The summed E-state index contributed by atoms with van der Waals surface area (Å²) in [5.41, 5.74) is 10.5. The summed E-state index contributed by atoms with van der Waals surface area (Å²) in [6.45, 7) is 0.849. The molecule has 5 heteroatoms. The van der Waals surface area contributed by atoms with E-state index in [1.54, 1.807) is 7.11 Å². The number of azide groups is 1. The van der Waals surface area contributed by atoms with Gasteiger partial charge in [0.25, 0.3) is 0 Å². The van der Waals surface area contributed by atoms with E-state index in [4.69, 9.17) is 15.0 Å². The molecule has 2 aromatic carbocycles. The molecule has 22 heavy (non-hydrogen) atoms. The third kappa shape index (κ3) is 4.52. The van der Waals surface area contributed by atoms with E-state index in [-0.39, 0.29) is 6.10 Å². The van der Waals surface area contributed by atoms with Crippen LogP contribution in [-0.4, -0.2) is 13.7 Å². The van der Waals surface area contributed by atoms with E-state index in [0.29, 0.717) is 19.6 Å². The SMILES string of the molecule is COc1ccccc1COC(CCN=[N+]=[N-])c1ccccc1. The normalized spacial score (nSPS) is 11.5. The van der Waals surface area contributed by atoms with Crippen LogP contribution >= 0.6 is 0 Å². The topological polar surface area (TPSA) is 67.2 Å². The van der Waals surface area contributed by atoms with Gasteiger partial charge in [-0.15, -0.1) is 0 Å². The van der Waals surface area contributed by atoms with Gasteiger partial charge in [-0.1, -0.05) is 53.6 Å². The van der Waals surface area contributed by atoms with E-state index in [2.05, 4.69) is 10.0 Å². The van der Waals surface area contributed by atoms with Gasteiger partial charge in [0.1, 0.15) is 5.75 Å². The van der Waals surface area contributed by atoms with Gasteiger partial charge in [0.15, 0.2) is 0 Å². The summed E-state index contributed by atoms with van der Waals surface area (Å²) in [5, 5.41) is 3.60. The van der Waals surface area contributed by atoms with Crippen LogP contribution in [0.4, 0.5) is 0 Å². The highest BCUT2D eigenvalue weighted by Gasteiger charge is 2.12. The minimum Gasteiger partial charge on any atom is -0.496 e. The fourth-order valence-corrected chi connectivity index (χ4v) is 2.25. The summed E-state index contributed by atoms with van der Waals surface area (Å²) < 4.78 is 11.4. The Balaban J connectivity index is 2.07. The van der Waals surface area contributed by atoms with E-state index in [1.165, 1.54) is 0 Å². The average Bonchev–Trinajstić information content (AvgIpc) is 2.59. The lowest BCUT2D eigenvalue weighted by atomic mass is 10.1. The predicted octanol–water partition coefficient (Wildman–Crippen LogP) is 4.65. The molecule has 0 bridgehead atoms. The molecule has 0 aliphatic rings. The maximum Gasteiger partial charge on any atom is 0.124 e. The van der Waals surface area contributed by atoms with E-state index in [1.807, 2.05) is 54.6 Å². The molecule has 114 valence electrons. The lowest BCUT2D eigenvalue weighted by Crippen LogP contribution is -2.07. The Bertz CT molecular complexity index is 625. The molecular formula is C17H19N3O2. The molecule has 2 aromatic rings. The first-order valence-corrected chi connectivity index (χ1v) is 7.14. The zero-order valence-electron chi connectivity index (χ0n) is 12.6. The van der Waals surface area contributed by atoms with Gasteiger partial charge in [0.2, 0.25) is 0 Å². The first-order valence-electron chi connectivity index (χ1n) is 7.14. The highest BCUT2D eigenvalue weighted by Crippen LogP contribution is 2.25. The fraction of sp³-hybridized carbons (Fsp3) is 0.294. The van der Waals surface area contributed by atoms with E-state index in [0.717, 1.165) is 16.9 Å². The Hall–Kier alpha value is -2.49. The second kappa shape index (κ2) is 8.72. The second-order valence-corrected chi connectivity index (χ2v) is 4.77. The number of hydrogen-bond donors (Lipinski definition) is 0. The van der Waals surface area contributed by atoms with Crippen molar-refractivity contribution >= 4 is 0 Å². The Kier molecular flexibility index (Phi) is 6.30. The maximum absolute atomic E-state index is 8.43. The number of nitrogens with zero attached hydrogens (tertiary/aromatic N) is 3. The van der Waals surface area contributed by atoms with Crippen LogP contribution in [0.3, 0.4) is 0 Å². The molecule has 0 heterocycles. The summed E-state index contributed by atoms with van der Waals surface area (Å²) in [6, 6.07) is 17.7. The van der Waals surface area contributed by atoms with Gasteiger partial charge in [0.05, 0.1) is 19.8 Å². The number of ether oxygens (including phenoxy) is 2. The molecule has 1 unspecified atom stereocenters. The molecule has 5 nitrogen and oxygen atoms in total. The molecule has 0 aliphatic heterocycles. The van der Waals surface area contributed by atoms with Crippen molar-refractivity contribution in [1.82, 2.24) is 0 Å². The van der Waals surface area contributed by atoms with Crippen molar-refractivity contribution < 1.29 is 9.47 Å². The van der Waals surface area contributed by atoms with Crippen LogP contribution in [0, 0.1) is 0 Å². The monoisotopic (exact) mass is 297 g/mol. The third-order valence-corrected chi connectivity index (χ3v) is 3.36. The lowest BCUT2D eigenvalue weighted by Gasteiger charge is -2.18. The minimum atomic E-state index is -0.114. The number of hydrogen-bond acceptors (Lipinski definition) is 3. The highest BCUT2D eigenvalue weighted by molar-refractivity contribution is 5.32. The summed E-state index contributed by atoms with van der Waals surface area (Å²) in [5.74, 6) is 0.810. The molecule has 0 saturated heterocycles. The zero-order valence-corrected chi connectivity index (χ0v) is 12.6. The zero-order chi connectivity index (χ0) is 15.6. The van der Waals surface area contributed by atoms with Crippen molar-refractivity contribution in [3.8, 4) is 5.75 Å². The highest BCUT2D eigenvalue weighted by atomic mass is 16.5. The quantitative estimate of drug-likeness (QED) is 0.404. The van der Waals surface area contributed by atoms with Crippen LogP contribution in [0.2, 0.25) is 0 Å². The first-order chi connectivity index (χ1) is 10.8. The van der Waals surface area contributed by atoms with Crippen molar-refractivity contribution in [3.63, 3.8) is 0 Å². The second-order valence-electron chi connectivity index (χ2n) is 4.77. The van der Waals surface area contributed by atoms with Crippen LogP contribution in [-0.2, 0) is 11.3 Å². The maximum atomic E-state index is 8.43. The van der Waals surface area contributed by atoms with E-state index >= 15 is 0 Å². The molecule has 0 aliphatic carbocycles. The molecular weight excluding hydrogens is 278 g/mol. The summed E-state index contributed by atoms with van der Waals surface area (Å²) in [4.78, 5) is 2.80. The largest absolute Gasteiger partial charge is 0.496 e. The van der Waals surface area contributed by atoms with Crippen LogP contribution < -0.4 is 4.74 Å². The Morgan fingerprint density at radius 1 is 1.09 bits per heavy atom. The van der Waals surface area contributed by atoms with Gasteiger partial charge in [-0.25, -0.2) is 0 Å².